The van der Waals surface area contributed by atoms with E-state index < -0.39 is 11.8 Å². The number of hydrogen-bond acceptors (Lipinski definition) is 5. The summed E-state index contributed by atoms with van der Waals surface area (Å²) in [6.07, 6.45) is -2.98. The highest BCUT2D eigenvalue weighted by Crippen LogP contribution is 2.52. The summed E-state index contributed by atoms with van der Waals surface area (Å²) < 4.78 is 40.0. The van der Waals surface area contributed by atoms with Gasteiger partial charge in [0.1, 0.15) is 0 Å². The van der Waals surface area contributed by atoms with Gasteiger partial charge >= 0.3 is 11.8 Å². The van der Waals surface area contributed by atoms with Crippen molar-refractivity contribution in [1.82, 2.24) is 0 Å². The van der Waals surface area contributed by atoms with Crippen molar-refractivity contribution in [3.8, 4) is 0 Å². The van der Waals surface area contributed by atoms with E-state index in [0.717, 1.165) is 12.8 Å². The van der Waals surface area contributed by atoms with Gasteiger partial charge in [-0.15, -0.1) is 10.2 Å². The van der Waals surface area contributed by atoms with Gasteiger partial charge in [-0.1, -0.05) is 6.07 Å². The molecule has 19 heavy (non-hydrogen) atoms. The Hall–Kier alpha value is -1.99. The smallest absolute Gasteiger partial charge is 0.399 e. The number of halogens is 3. The highest BCUT2D eigenvalue weighted by atomic mass is 19.4. The zero-order chi connectivity index (χ0) is 13.7. The number of benzene rings is 1. The zero-order valence-electron chi connectivity index (χ0n) is 9.72. The summed E-state index contributed by atoms with van der Waals surface area (Å²) in [4.78, 5) is 0. The largest absolute Gasteiger partial charge is 0.442 e. The number of nitrogens with zero attached hydrogens (tertiary/aromatic N) is 4. The van der Waals surface area contributed by atoms with Crippen molar-refractivity contribution in [3.05, 3.63) is 29.3 Å². The van der Waals surface area contributed by atoms with E-state index in [4.69, 9.17) is 5.73 Å². The first-order valence-electron chi connectivity index (χ1n) is 5.75. The summed E-state index contributed by atoms with van der Waals surface area (Å²) in [5.41, 5.74) is 3.62. The molecule has 0 bridgehead atoms. The lowest BCUT2D eigenvalue weighted by atomic mass is 9.92. The van der Waals surface area contributed by atoms with Crippen molar-refractivity contribution < 1.29 is 13.2 Å². The van der Waals surface area contributed by atoms with E-state index in [-0.39, 0.29) is 17.2 Å². The van der Waals surface area contributed by atoms with Gasteiger partial charge in [0.05, 0.1) is 0 Å². The second kappa shape index (κ2) is 3.75. The molecule has 0 amide bonds. The molecular formula is C11H10F3N5. The minimum Gasteiger partial charge on any atom is -0.399 e. The number of rotatable bonds is 2. The van der Waals surface area contributed by atoms with Crippen LogP contribution in [0.15, 0.2) is 38.9 Å². The Bertz CT molecular complexity index is 562. The van der Waals surface area contributed by atoms with Crippen molar-refractivity contribution in [1.29, 1.82) is 0 Å². The van der Waals surface area contributed by atoms with Gasteiger partial charge in [-0.3, -0.25) is 0 Å². The Morgan fingerprint density at radius 2 is 1.79 bits per heavy atom. The zero-order valence-corrected chi connectivity index (χ0v) is 9.72. The average Bonchev–Trinajstić information content (AvgIpc) is 3.04. The number of nitrogen functional groups attached to an aromatic ring is 1. The van der Waals surface area contributed by atoms with Crippen LogP contribution >= 0.6 is 0 Å². The van der Waals surface area contributed by atoms with E-state index in [1.807, 2.05) is 0 Å². The van der Waals surface area contributed by atoms with Crippen LogP contribution in [-0.2, 0) is 5.66 Å². The summed E-state index contributed by atoms with van der Waals surface area (Å²) >= 11 is 0. The molecule has 0 spiro atoms. The summed E-state index contributed by atoms with van der Waals surface area (Å²) in [5.74, 6) is 0.112. The average molecular weight is 269 g/mol. The van der Waals surface area contributed by atoms with E-state index in [1.54, 1.807) is 12.1 Å². The lowest BCUT2D eigenvalue weighted by Crippen LogP contribution is -2.38. The fourth-order valence-electron chi connectivity index (χ4n) is 2.19. The number of alkyl halides is 3. The van der Waals surface area contributed by atoms with Gasteiger partial charge in [-0.2, -0.15) is 13.2 Å². The summed E-state index contributed by atoms with van der Waals surface area (Å²) in [6.45, 7) is 0. The molecule has 0 saturated heterocycles. The lowest BCUT2D eigenvalue weighted by Gasteiger charge is -2.25. The van der Waals surface area contributed by atoms with Gasteiger partial charge in [0, 0.05) is 11.3 Å². The molecule has 1 aliphatic carbocycles. The van der Waals surface area contributed by atoms with Crippen molar-refractivity contribution >= 4 is 5.69 Å². The van der Waals surface area contributed by atoms with Crippen molar-refractivity contribution in [2.45, 2.75) is 30.6 Å². The van der Waals surface area contributed by atoms with Gasteiger partial charge in [0.2, 0.25) is 0 Å². The van der Waals surface area contributed by atoms with Crippen LogP contribution in [0.2, 0.25) is 0 Å². The molecule has 1 aromatic carbocycles. The number of hydrogen-bond donors (Lipinski definition) is 1. The van der Waals surface area contributed by atoms with Crippen LogP contribution < -0.4 is 5.73 Å². The standard InChI is InChI=1S/C11H10F3N5/c12-11(13,14)10(16-18-19-17-10)9-5-7(15)3-4-8(9)6-1-2-6/h3-6H,1-2,15H2. The molecule has 1 aliphatic heterocycles. The maximum absolute atomic E-state index is 13.3. The van der Waals surface area contributed by atoms with E-state index in [9.17, 15) is 13.2 Å². The number of anilines is 1. The normalized spacial score (nSPS) is 21.0. The summed E-state index contributed by atoms with van der Waals surface area (Å²) in [6, 6.07) is 4.47. The molecule has 1 fully saturated rings. The SMILES string of the molecule is Nc1ccc(C2CC2)c(C2(C(F)(F)F)N=NN=N2)c1. The summed E-state index contributed by atoms with van der Waals surface area (Å²) in [5, 5.41) is 12.6. The Balaban J connectivity index is 2.21. The van der Waals surface area contributed by atoms with Gasteiger partial charge in [0.25, 0.3) is 0 Å². The van der Waals surface area contributed by atoms with E-state index in [2.05, 4.69) is 20.7 Å². The van der Waals surface area contributed by atoms with Crippen LogP contribution in [0.4, 0.5) is 18.9 Å². The maximum atomic E-state index is 13.3. The van der Waals surface area contributed by atoms with Gasteiger partial charge in [-0.05, 0) is 46.9 Å². The fraction of sp³-hybridized carbons (Fsp3) is 0.455. The molecule has 2 N–H and O–H groups in total. The monoisotopic (exact) mass is 269 g/mol. The van der Waals surface area contributed by atoms with Crippen molar-refractivity contribution in [3.63, 3.8) is 0 Å². The highest BCUT2D eigenvalue weighted by molar-refractivity contribution is 5.50. The third-order valence-electron chi connectivity index (χ3n) is 3.28. The van der Waals surface area contributed by atoms with E-state index in [0.29, 0.717) is 5.56 Å². The Morgan fingerprint density at radius 1 is 1.16 bits per heavy atom. The first-order chi connectivity index (χ1) is 8.94. The van der Waals surface area contributed by atoms with Crippen LogP contribution in [0.25, 0.3) is 0 Å². The maximum Gasteiger partial charge on any atom is 0.442 e. The molecule has 0 radical (unpaired) electrons. The van der Waals surface area contributed by atoms with Crippen LogP contribution in [0, 0.1) is 0 Å². The minimum atomic E-state index is -4.70. The molecule has 8 heteroatoms. The predicted molar refractivity (Wildman–Crippen MR) is 60.3 cm³/mol. The molecule has 0 unspecified atom stereocenters. The van der Waals surface area contributed by atoms with Gasteiger partial charge in [0.15, 0.2) is 0 Å². The van der Waals surface area contributed by atoms with Crippen LogP contribution in [0.3, 0.4) is 0 Å². The Morgan fingerprint density at radius 3 is 2.32 bits per heavy atom. The third-order valence-corrected chi connectivity index (χ3v) is 3.28. The first-order valence-corrected chi connectivity index (χ1v) is 5.75. The van der Waals surface area contributed by atoms with Crippen molar-refractivity contribution in [2.75, 3.05) is 5.73 Å². The molecule has 1 saturated carbocycles. The molecular weight excluding hydrogens is 259 g/mol. The van der Waals surface area contributed by atoms with E-state index >= 15 is 0 Å². The second-order valence-electron chi connectivity index (χ2n) is 4.67. The topological polar surface area (TPSA) is 75.5 Å². The third kappa shape index (κ3) is 1.78. The molecule has 3 rings (SSSR count). The van der Waals surface area contributed by atoms with Crippen LogP contribution in [0.1, 0.15) is 29.9 Å². The second-order valence-corrected chi connectivity index (χ2v) is 4.67. The first kappa shape index (κ1) is 12.1. The molecule has 5 nitrogen and oxygen atoms in total. The lowest BCUT2D eigenvalue weighted by molar-refractivity contribution is -0.187. The molecule has 100 valence electrons. The number of nitrogens with two attached hydrogens (primary N) is 1. The Kier molecular flexibility index (Phi) is 2.38. The van der Waals surface area contributed by atoms with Gasteiger partial charge in [-0.25, -0.2) is 0 Å². The fourth-order valence-corrected chi connectivity index (χ4v) is 2.19. The van der Waals surface area contributed by atoms with Crippen LogP contribution in [-0.4, -0.2) is 6.18 Å². The molecule has 1 aromatic rings. The minimum absolute atomic E-state index is 0.0625. The molecule has 0 atom stereocenters. The van der Waals surface area contributed by atoms with E-state index in [1.165, 1.54) is 6.07 Å². The predicted octanol–water partition coefficient (Wildman–Crippen LogP) is 3.69. The summed E-state index contributed by atoms with van der Waals surface area (Å²) in [7, 11) is 0. The highest BCUT2D eigenvalue weighted by Gasteiger charge is 2.61. The quantitative estimate of drug-likeness (QED) is 0.816. The molecule has 1 heterocycles. The van der Waals surface area contributed by atoms with Crippen LogP contribution in [0.5, 0.6) is 0 Å². The van der Waals surface area contributed by atoms with Gasteiger partial charge < -0.3 is 5.73 Å². The van der Waals surface area contributed by atoms with Crippen molar-refractivity contribution in [2.24, 2.45) is 20.7 Å². The Labute approximate surface area is 106 Å². The molecule has 2 aliphatic rings. The molecule has 0 aromatic heterocycles.